The predicted molar refractivity (Wildman–Crippen MR) is 135 cm³/mol. The van der Waals surface area contributed by atoms with Crippen molar-refractivity contribution in [2.24, 2.45) is 0 Å². The fourth-order valence-corrected chi connectivity index (χ4v) is 20.7. The number of methoxy groups -OCH3 is 1. The van der Waals surface area contributed by atoms with Crippen LogP contribution in [0.2, 0.25) is 0 Å². The third kappa shape index (κ3) is 4.20. The molecular weight excluding hydrogens is 483 g/mol. The van der Waals surface area contributed by atoms with Crippen molar-refractivity contribution in [1.29, 1.82) is 0 Å². The molecule has 0 amide bonds. The molecule has 4 aromatic carbocycles. The van der Waals surface area contributed by atoms with Crippen LogP contribution in [-0.2, 0) is 0 Å². The molecule has 0 spiro atoms. The van der Waals surface area contributed by atoms with Crippen LogP contribution in [-0.4, -0.2) is 25.5 Å². The van der Waals surface area contributed by atoms with Gasteiger partial charge in [-0.25, -0.2) is 0 Å². The summed E-state index contributed by atoms with van der Waals surface area (Å²) >= 11 is -3.52. The first kappa shape index (κ1) is 21.5. The van der Waals surface area contributed by atoms with Crippen molar-refractivity contribution in [3.8, 4) is 5.75 Å². The first-order valence-corrected chi connectivity index (χ1v) is 16.6. The number of hydrogen-bond acceptors (Lipinski definition) is 1. The van der Waals surface area contributed by atoms with Crippen LogP contribution in [0.25, 0.3) is 0 Å². The standard InChI is InChI=1S/C11H13O.3C6H5.Sn/c1-3-4-5-10-6-8-11(12-2)9-7-10;3*1-2-4-6-5-3-1;/h3,5-9H,1,4H2,2H3;3*1-5H;. The Morgan fingerprint density at radius 3 is 1.45 bits per heavy atom. The Morgan fingerprint density at radius 1 is 0.677 bits per heavy atom. The van der Waals surface area contributed by atoms with Gasteiger partial charge >= 0.3 is 191 Å². The number of rotatable bonds is 8. The van der Waals surface area contributed by atoms with Gasteiger partial charge in [-0.2, -0.15) is 0 Å². The molecule has 0 heterocycles. The fourth-order valence-electron chi connectivity index (χ4n) is 4.77. The summed E-state index contributed by atoms with van der Waals surface area (Å²) in [5.41, 5.74) is 1.35. The molecule has 1 atom stereocenters. The second kappa shape index (κ2) is 10.0. The summed E-state index contributed by atoms with van der Waals surface area (Å²) in [6.45, 7) is 4.16. The molecule has 2 heteroatoms. The Hall–Kier alpha value is -2.78. The van der Waals surface area contributed by atoms with Crippen molar-refractivity contribution in [3.05, 3.63) is 133 Å². The van der Waals surface area contributed by atoms with Crippen LogP contribution in [0, 0.1) is 0 Å². The van der Waals surface area contributed by atoms with E-state index in [4.69, 9.17) is 4.74 Å². The second-order valence-corrected chi connectivity index (χ2v) is 19.3. The van der Waals surface area contributed by atoms with Gasteiger partial charge in [0, 0.05) is 0 Å². The Labute approximate surface area is 189 Å². The van der Waals surface area contributed by atoms with Gasteiger partial charge in [0.1, 0.15) is 0 Å². The topological polar surface area (TPSA) is 9.23 Å². The van der Waals surface area contributed by atoms with Crippen LogP contribution >= 0.6 is 0 Å². The van der Waals surface area contributed by atoms with Gasteiger partial charge in [-0.05, 0) is 0 Å². The van der Waals surface area contributed by atoms with Crippen LogP contribution < -0.4 is 15.5 Å². The van der Waals surface area contributed by atoms with Gasteiger partial charge in [0.25, 0.3) is 0 Å². The van der Waals surface area contributed by atoms with Crippen molar-refractivity contribution >= 4 is 29.1 Å². The summed E-state index contributed by atoms with van der Waals surface area (Å²) in [4.78, 5) is 0. The van der Waals surface area contributed by atoms with Crippen LogP contribution in [0.4, 0.5) is 0 Å². The number of hydrogen-bond donors (Lipinski definition) is 0. The summed E-state index contributed by atoms with van der Waals surface area (Å²) < 4.78 is 10.3. The van der Waals surface area contributed by atoms with Crippen molar-refractivity contribution in [2.45, 2.75) is 10.4 Å². The third-order valence-corrected chi connectivity index (χ3v) is 21.4. The molecule has 0 aliphatic carbocycles. The molecule has 0 aliphatic rings. The number of benzene rings is 4. The summed E-state index contributed by atoms with van der Waals surface area (Å²) in [6.07, 6.45) is 3.02. The first-order chi connectivity index (χ1) is 15.3. The van der Waals surface area contributed by atoms with E-state index in [1.807, 2.05) is 0 Å². The van der Waals surface area contributed by atoms with Gasteiger partial charge in [0.05, 0.1) is 0 Å². The van der Waals surface area contributed by atoms with Gasteiger partial charge < -0.3 is 0 Å². The average Bonchev–Trinajstić information content (AvgIpc) is 2.86. The van der Waals surface area contributed by atoms with Crippen molar-refractivity contribution < 1.29 is 4.74 Å². The molecule has 0 N–H and O–H groups in total. The maximum atomic E-state index is 5.45. The molecule has 0 radical (unpaired) electrons. The zero-order chi connectivity index (χ0) is 21.5. The van der Waals surface area contributed by atoms with Gasteiger partial charge in [-0.1, -0.05) is 0 Å². The van der Waals surface area contributed by atoms with E-state index in [1.165, 1.54) is 16.3 Å². The molecule has 0 bridgehead atoms. The maximum absolute atomic E-state index is 5.45. The van der Waals surface area contributed by atoms with E-state index in [1.54, 1.807) is 7.11 Å². The molecule has 0 aliphatic heterocycles. The molecule has 0 aromatic heterocycles. The first-order valence-electron chi connectivity index (χ1n) is 10.7. The second-order valence-electron chi connectivity index (χ2n) is 7.76. The van der Waals surface area contributed by atoms with E-state index in [-0.39, 0.29) is 0 Å². The molecule has 1 unspecified atom stereocenters. The molecule has 31 heavy (non-hydrogen) atoms. The number of ether oxygens (including phenoxy) is 1. The van der Waals surface area contributed by atoms with E-state index in [0.717, 1.165) is 12.2 Å². The Bertz CT molecular complexity index is 993. The summed E-state index contributed by atoms with van der Waals surface area (Å²) in [5.74, 6) is 0.890. The van der Waals surface area contributed by atoms with Crippen molar-refractivity contribution in [3.63, 3.8) is 0 Å². The molecule has 154 valence electrons. The molecule has 0 saturated heterocycles. The SMILES string of the molecule is C=CC[CH](c1ccc(OC)cc1)[Sn]([c]1ccccc1)([c]1ccccc1)[c]1ccccc1. The van der Waals surface area contributed by atoms with E-state index in [0.29, 0.717) is 3.93 Å². The number of allylic oxidation sites excluding steroid dienone is 1. The summed E-state index contributed by atoms with van der Waals surface area (Å²) in [5, 5.41) is 0. The molecular formula is C29H28OSn. The van der Waals surface area contributed by atoms with E-state index < -0.39 is 18.4 Å². The average molecular weight is 511 g/mol. The molecule has 4 rings (SSSR count). The zero-order valence-corrected chi connectivity index (χ0v) is 20.8. The third-order valence-electron chi connectivity index (χ3n) is 6.13. The molecule has 1 nitrogen and oxygen atoms in total. The van der Waals surface area contributed by atoms with Crippen LogP contribution in [0.3, 0.4) is 0 Å². The van der Waals surface area contributed by atoms with Gasteiger partial charge in [0.2, 0.25) is 0 Å². The Morgan fingerprint density at radius 2 is 1.10 bits per heavy atom. The monoisotopic (exact) mass is 512 g/mol. The predicted octanol–water partition coefficient (Wildman–Crippen LogP) is 5.06. The molecule has 0 fully saturated rings. The minimum atomic E-state index is -3.52. The van der Waals surface area contributed by atoms with Crippen LogP contribution in [0.1, 0.15) is 15.9 Å². The quantitative estimate of drug-likeness (QED) is 0.237. The molecule has 4 aromatic rings. The summed E-state index contributed by atoms with van der Waals surface area (Å²) in [7, 11) is 1.72. The van der Waals surface area contributed by atoms with E-state index in [2.05, 4.69) is 128 Å². The Kier molecular flexibility index (Phi) is 6.93. The van der Waals surface area contributed by atoms with Gasteiger partial charge in [-0.3, -0.25) is 0 Å². The van der Waals surface area contributed by atoms with E-state index in [9.17, 15) is 0 Å². The van der Waals surface area contributed by atoms with Gasteiger partial charge in [0.15, 0.2) is 0 Å². The fraction of sp³-hybridized carbons (Fsp3) is 0.103. The molecule has 0 saturated carbocycles. The normalized spacial score (nSPS) is 12.2. The van der Waals surface area contributed by atoms with Crippen LogP contribution in [0.5, 0.6) is 5.75 Å². The van der Waals surface area contributed by atoms with E-state index >= 15 is 0 Å². The van der Waals surface area contributed by atoms with Crippen LogP contribution in [0.15, 0.2) is 128 Å². The zero-order valence-electron chi connectivity index (χ0n) is 17.9. The van der Waals surface area contributed by atoms with Crippen molar-refractivity contribution in [1.82, 2.24) is 0 Å². The van der Waals surface area contributed by atoms with Gasteiger partial charge in [-0.15, -0.1) is 0 Å². The van der Waals surface area contributed by atoms with Crippen molar-refractivity contribution in [2.75, 3.05) is 7.11 Å². The summed E-state index contributed by atoms with van der Waals surface area (Å²) in [6, 6.07) is 42.2. The minimum absolute atomic E-state index is 0.366. The Balaban J connectivity index is 2.07.